The van der Waals surface area contributed by atoms with Crippen molar-refractivity contribution in [1.82, 2.24) is 24.6 Å². The molecule has 1 amide bonds. The monoisotopic (exact) mass is 448 g/mol. The minimum absolute atomic E-state index is 0.0827. The average Bonchev–Trinajstić information content (AvgIpc) is 3.08. The van der Waals surface area contributed by atoms with Gasteiger partial charge in [-0.3, -0.25) is 19.3 Å². The van der Waals surface area contributed by atoms with Gasteiger partial charge in [0.2, 0.25) is 5.91 Å². The van der Waals surface area contributed by atoms with E-state index in [1.165, 1.54) is 5.56 Å². The molecule has 1 aliphatic heterocycles. The van der Waals surface area contributed by atoms with Crippen molar-refractivity contribution in [2.45, 2.75) is 46.7 Å². The summed E-state index contributed by atoms with van der Waals surface area (Å²) >= 11 is 0. The zero-order valence-electron chi connectivity index (χ0n) is 20.1. The number of carbonyl (C=O) groups excluding carboxylic acids is 1. The molecule has 174 valence electrons. The maximum Gasteiger partial charge on any atom is 0.228 e. The number of para-hydroxylation sites is 1. The van der Waals surface area contributed by atoms with Gasteiger partial charge < -0.3 is 4.74 Å². The maximum absolute atomic E-state index is 12.8. The summed E-state index contributed by atoms with van der Waals surface area (Å²) in [6.07, 6.45) is 3.06. The number of anilines is 1. The summed E-state index contributed by atoms with van der Waals surface area (Å²) in [5.74, 6) is 2.37. The van der Waals surface area contributed by atoms with Gasteiger partial charge in [-0.05, 0) is 45.9 Å². The average molecular weight is 449 g/mol. The van der Waals surface area contributed by atoms with Gasteiger partial charge in [0.15, 0.2) is 0 Å². The van der Waals surface area contributed by atoms with E-state index in [9.17, 15) is 4.79 Å². The fraction of sp³-hybridized carbons (Fsp3) is 0.440. The second kappa shape index (κ2) is 9.70. The lowest BCUT2D eigenvalue weighted by Crippen LogP contribution is -2.39. The van der Waals surface area contributed by atoms with E-state index in [-0.39, 0.29) is 5.91 Å². The summed E-state index contributed by atoms with van der Waals surface area (Å²) in [5, 5.41) is 4.32. The number of benzene rings is 1. The van der Waals surface area contributed by atoms with Crippen molar-refractivity contribution in [2.75, 3.05) is 25.1 Å². The van der Waals surface area contributed by atoms with E-state index in [0.29, 0.717) is 32.5 Å². The molecule has 0 radical (unpaired) electrons. The highest BCUT2D eigenvalue weighted by Gasteiger charge is 2.28. The molecule has 0 spiro atoms. The first kappa shape index (κ1) is 22.9. The van der Waals surface area contributed by atoms with E-state index in [1.54, 1.807) is 4.90 Å². The minimum atomic E-state index is 0.0827. The van der Waals surface area contributed by atoms with Crippen molar-refractivity contribution in [3.8, 4) is 5.75 Å². The molecule has 1 aromatic carbocycles. The van der Waals surface area contributed by atoms with E-state index in [1.807, 2.05) is 63.1 Å². The zero-order chi connectivity index (χ0) is 23.5. The molecule has 3 heterocycles. The lowest BCUT2D eigenvalue weighted by atomic mass is 10.0. The van der Waals surface area contributed by atoms with Gasteiger partial charge in [-0.2, -0.15) is 5.10 Å². The predicted octanol–water partition coefficient (Wildman–Crippen LogP) is 3.13. The molecule has 0 aliphatic carbocycles. The minimum Gasteiger partial charge on any atom is -0.491 e. The first-order valence-electron chi connectivity index (χ1n) is 11.3. The van der Waals surface area contributed by atoms with Crippen LogP contribution in [0.25, 0.3) is 0 Å². The summed E-state index contributed by atoms with van der Waals surface area (Å²) in [4.78, 5) is 26.3. The lowest BCUT2D eigenvalue weighted by molar-refractivity contribution is -0.119. The van der Waals surface area contributed by atoms with E-state index in [2.05, 4.69) is 16.9 Å². The molecule has 1 aliphatic rings. The van der Waals surface area contributed by atoms with Crippen LogP contribution in [0.4, 0.5) is 5.82 Å². The standard InChI is InChI=1S/C25H32N6O2/c1-17-8-6-7-9-22(17)33-13-12-31-24(32)11-10-21-18(2)27-23(28-25(21)31)16-29(4)15-20-14-26-30(5)19(20)3/h6-9,14H,10-13,15-16H2,1-5H3. The van der Waals surface area contributed by atoms with E-state index in [0.717, 1.165) is 46.5 Å². The number of carbonyl (C=O) groups is 1. The van der Waals surface area contributed by atoms with Crippen LogP contribution in [-0.2, 0) is 31.4 Å². The lowest BCUT2D eigenvalue weighted by Gasteiger charge is -2.29. The van der Waals surface area contributed by atoms with Crippen molar-refractivity contribution >= 4 is 11.7 Å². The molecule has 4 rings (SSSR count). The number of nitrogens with zero attached hydrogens (tertiary/aromatic N) is 6. The molecule has 0 fully saturated rings. The molecule has 8 nitrogen and oxygen atoms in total. The Labute approximate surface area is 195 Å². The van der Waals surface area contributed by atoms with Crippen LogP contribution in [0.2, 0.25) is 0 Å². The molecule has 0 saturated carbocycles. The highest BCUT2D eigenvalue weighted by atomic mass is 16.5. The van der Waals surface area contributed by atoms with Gasteiger partial charge in [0.1, 0.15) is 24.0 Å². The molecule has 0 unspecified atom stereocenters. The number of hydrogen-bond acceptors (Lipinski definition) is 6. The largest absolute Gasteiger partial charge is 0.491 e. The molecule has 8 heteroatoms. The van der Waals surface area contributed by atoms with Gasteiger partial charge in [0.05, 0.1) is 19.3 Å². The number of aromatic nitrogens is 4. The van der Waals surface area contributed by atoms with Gasteiger partial charge in [-0.1, -0.05) is 18.2 Å². The number of ether oxygens (including phenoxy) is 1. The number of aryl methyl sites for hydroxylation is 3. The van der Waals surface area contributed by atoms with Gasteiger partial charge >= 0.3 is 0 Å². The van der Waals surface area contributed by atoms with Crippen LogP contribution in [0, 0.1) is 20.8 Å². The van der Waals surface area contributed by atoms with Crippen LogP contribution in [0.3, 0.4) is 0 Å². The molecule has 0 N–H and O–H groups in total. The van der Waals surface area contributed by atoms with E-state index < -0.39 is 0 Å². The number of hydrogen-bond donors (Lipinski definition) is 0. The molecular weight excluding hydrogens is 416 g/mol. The van der Waals surface area contributed by atoms with Crippen LogP contribution in [0.1, 0.15) is 40.3 Å². The highest BCUT2D eigenvalue weighted by molar-refractivity contribution is 5.95. The third-order valence-electron chi connectivity index (χ3n) is 6.24. The first-order valence-corrected chi connectivity index (χ1v) is 11.3. The van der Waals surface area contributed by atoms with Crippen LogP contribution in [0.15, 0.2) is 30.5 Å². The van der Waals surface area contributed by atoms with E-state index in [4.69, 9.17) is 14.7 Å². The van der Waals surface area contributed by atoms with Crippen molar-refractivity contribution < 1.29 is 9.53 Å². The Kier molecular flexibility index (Phi) is 6.74. The molecule has 0 saturated heterocycles. The summed E-state index contributed by atoms with van der Waals surface area (Å²) in [5.41, 5.74) is 5.41. The van der Waals surface area contributed by atoms with Crippen molar-refractivity contribution in [3.05, 3.63) is 64.4 Å². The molecular formula is C25H32N6O2. The van der Waals surface area contributed by atoms with Crippen molar-refractivity contribution in [1.29, 1.82) is 0 Å². The second-order valence-corrected chi connectivity index (χ2v) is 8.74. The molecule has 0 atom stereocenters. The number of rotatable bonds is 8. The highest BCUT2D eigenvalue weighted by Crippen LogP contribution is 2.28. The number of fused-ring (bicyclic) bond motifs is 1. The fourth-order valence-electron chi connectivity index (χ4n) is 4.19. The van der Waals surface area contributed by atoms with Crippen LogP contribution < -0.4 is 9.64 Å². The Morgan fingerprint density at radius 3 is 2.61 bits per heavy atom. The molecule has 0 bridgehead atoms. The smallest absolute Gasteiger partial charge is 0.228 e. The third-order valence-corrected chi connectivity index (χ3v) is 6.24. The third kappa shape index (κ3) is 5.06. The maximum atomic E-state index is 12.8. The SMILES string of the molecule is Cc1ccccc1OCCN1C(=O)CCc2c(C)nc(CN(C)Cc3cnn(C)c3C)nc21. The second-order valence-electron chi connectivity index (χ2n) is 8.74. The Morgan fingerprint density at radius 2 is 1.88 bits per heavy atom. The summed E-state index contributed by atoms with van der Waals surface area (Å²) in [7, 11) is 3.99. The van der Waals surface area contributed by atoms with Gasteiger partial charge in [0, 0.05) is 42.5 Å². The summed E-state index contributed by atoms with van der Waals surface area (Å²) in [6, 6.07) is 7.91. The van der Waals surface area contributed by atoms with Gasteiger partial charge in [-0.25, -0.2) is 9.97 Å². The summed E-state index contributed by atoms with van der Waals surface area (Å²) in [6.45, 7) is 8.31. The van der Waals surface area contributed by atoms with Crippen LogP contribution in [-0.4, -0.2) is 50.8 Å². The Hall–Kier alpha value is -3.26. The van der Waals surface area contributed by atoms with Gasteiger partial charge in [0.25, 0.3) is 0 Å². The quantitative estimate of drug-likeness (QED) is 0.527. The predicted molar refractivity (Wildman–Crippen MR) is 127 cm³/mol. The Bertz CT molecular complexity index is 1160. The fourth-order valence-corrected chi connectivity index (χ4v) is 4.19. The van der Waals surface area contributed by atoms with Crippen molar-refractivity contribution in [3.63, 3.8) is 0 Å². The van der Waals surface area contributed by atoms with Gasteiger partial charge in [-0.15, -0.1) is 0 Å². The van der Waals surface area contributed by atoms with Crippen LogP contribution in [0.5, 0.6) is 5.75 Å². The van der Waals surface area contributed by atoms with E-state index >= 15 is 0 Å². The molecule has 2 aromatic heterocycles. The normalized spacial score (nSPS) is 13.5. The molecule has 3 aromatic rings. The van der Waals surface area contributed by atoms with Crippen LogP contribution >= 0.6 is 0 Å². The first-order chi connectivity index (χ1) is 15.8. The Balaban J connectivity index is 1.49. The zero-order valence-corrected chi connectivity index (χ0v) is 20.1. The number of amides is 1. The topological polar surface area (TPSA) is 76.4 Å². The molecule has 33 heavy (non-hydrogen) atoms. The summed E-state index contributed by atoms with van der Waals surface area (Å²) < 4.78 is 7.83. The Morgan fingerprint density at radius 1 is 1.09 bits per heavy atom. The van der Waals surface area contributed by atoms with Crippen molar-refractivity contribution in [2.24, 2.45) is 7.05 Å².